The third kappa shape index (κ3) is 2.81. The molecular formula is C14H18FNO2. The van der Waals surface area contributed by atoms with E-state index in [1.165, 1.54) is 31.4 Å². The first-order chi connectivity index (χ1) is 8.58. The average molecular weight is 251 g/mol. The predicted octanol–water partition coefficient (Wildman–Crippen LogP) is 3.37. The van der Waals surface area contributed by atoms with Gasteiger partial charge in [-0.2, -0.15) is 0 Å². The van der Waals surface area contributed by atoms with Gasteiger partial charge in [0.05, 0.1) is 5.56 Å². The summed E-state index contributed by atoms with van der Waals surface area (Å²) in [5.41, 5.74) is 0.503. The molecular weight excluding hydrogens is 233 g/mol. The van der Waals surface area contributed by atoms with Crippen molar-refractivity contribution in [1.29, 1.82) is 0 Å². The van der Waals surface area contributed by atoms with Gasteiger partial charge >= 0.3 is 5.97 Å². The van der Waals surface area contributed by atoms with Crippen molar-refractivity contribution in [2.24, 2.45) is 11.8 Å². The number of carboxylic acid groups (broad SMARTS) is 1. The van der Waals surface area contributed by atoms with E-state index in [2.05, 4.69) is 12.2 Å². The largest absolute Gasteiger partial charge is 0.478 e. The first kappa shape index (κ1) is 12.9. The number of anilines is 1. The highest BCUT2D eigenvalue weighted by atomic mass is 19.1. The summed E-state index contributed by atoms with van der Waals surface area (Å²) in [4.78, 5) is 11.0. The lowest BCUT2D eigenvalue weighted by Crippen LogP contribution is -2.18. The number of carbonyl (C=O) groups is 1. The summed E-state index contributed by atoms with van der Waals surface area (Å²) in [7, 11) is 0. The maximum absolute atomic E-state index is 13.0. The molecule has 3 nitrogen and oxygen atoms in total. The number of benzene rings is 1. The van der Waals surface area contributed by atoms with E-state index in [1.807, 2.05) is 0 Å². The van der Waals surface area contributed by atoms with E-state index in [0.717, 1.165) is 12.6 Å². The molecule has 1 saturated carbocycles. The van der Waals surface area contributed by atoms with E-state index < -0.39 is 11.8 Å². The van der Waals surface area contributed by atoms with E-state index >= 15 is 0 Å². The van der Waals surface area contributed by atoms with Crippen LogP contribution in [0.15, 0.2) is 18.2 Å². The van der Waals surface area contributed by atoms with E-state index in [0.29, 0.717) is 17.5 Å². The number of rotatable bonds is 4. The number of halogens is 1. The molecule has 0 bridgehead atoms. The molecule has 2 atom stereocenters. The molecule has 2 rings (SSSR count). The summed E-state index contributed by atoms with van der Waals surface area (Å²) < 4.78 is 13.0. The number of nitrogens with one attached hydrogen (secondary N) is 1. The van der Waals surface area contributed by atoms with Crippen LogP contribution in [0.3, 0.4) is 0 Å². The van der Waals surface area contributed by atoms with Crippen molar-refractivity contribution < 1.29 is 14.3 Å². The van der Waals surface area contributed by atoms with Crippen molar-refractivity contribution in [3.63, 3.8) is 0 Å². The number of aromatic carboxylic acids is 1. The van der Waals surface area contributed by atoms with Crippen molar-refractivity contribution in [3.05, 3.63) is 29.6 Å². The van der Waals surface area contributed by atoms with Crippen LogP contribution in [0.5, 0.6) is 0 Å². The Labute approximate surface area is 106 Å². The molecule has 0 radical (unpaired) electrons. The highest BCUT2D eigenvalue weighted by Gasteiger charge is 2.23. The SMILES string of the molecule is CC1CCCC1CNc1ccc(F)cc1C(=O)O. The quantitative estimate of drug-likeness (QED) is 0.862. The van der Waals surface area contributed by atoms with Gasteiger partial charge < -0.3 is 10.4 Å². The average Bonchev–Trinajstić information content (AvgIpc) is 2.73. The van der Waals surface area contributed by atoms with E-state index in [1.54, 1.807) is 0 Å². The van der Waals surface area contributed by atoms with Crippen LogP contribution in [0.25, 0.3) is 0 Å². The first-order valence-corrected chi connectivity index (χ1v) is 6.34. The highest BCUT2D eigenvalue weighted by molar-refractivity contribution is 5.94. The van der Waals surface area contributed by atoms with Crippen LogP contribution in [0.2, 0.25) is 0 Å². The second-order valence-electron chi connectivity index (χ2n) is 5.04. The highest BCUT2D eigenvalue weighted by Crippen LogP contribution is 2.31. The lowest BCUT2D eigenvalue weighted by Gasteiger charge is -2.17. The van der Waals surface area contributed by atoms with Gasteiger partial charge in [-0.25, -0.2) is 9.18 Å². The molecule has 2 unspecified atom stereocenters. The summed E-state index contributed by atoms with van der Waals surface area (Å²) in [5, 5.41) is 12.2. The molecule has 18 heavy (non-hydrogen) atoms. The summed E-state index contributed by atoms with van der Waals surface area (Å²) in [5.74, 6) is -0.369. The van der Waals surface area contributed by atoms with Gasteiger partial charge in [-0.15, -0.1) is 0 Å². The Bertz CT molecular complexity index is 447. The minimum Gasteiger partial charge on any atom is -0.478 e. The van der Waals surface area contributed by atoms with Crippen LogP contribution in [0, 0.1) is 17.7 Å². The summed E-state index contributed by atoms with van der Waals surface area (Å²) in [6, 6.07) is 3.84. The van der Waals surface area contributed by atoms with Crippen LogP contribution in [0.1, 0.15) is 36.5 Å². The molecule has 1 aliphatic rings. The molecule has 0 heterocycles. The van der Waals surface area contributed by atoms with Gasteiger partial charge in [0.1, 0.15) is 5.82 Å². The van der Waals surface area contributed by atoms with Crippen molar-refractivity contribution in [1.82, 2.24) is 0 Å². The Balaban J connectivity index is 2.06. The monoisotopic (exact) mass is 251 g/mol. The third-order valence-electron chi connectivity index (χ3n) is 3.81. The molecule has 98 valence electrons. The van der Waals surface area contributed by atoms with Crippen molar-refractivity contribution in [2.45, 2.75) is 26.2 Å². The Hall–Kier alpha value is -1.58. The Kier molecular flexibility index (Phi) is 3.84. The van der Waals surface area contributed by atoms with Crippen molar-refractivity contribution >= 4 is 11.7 Å². The van der Waals surface area contributed by atoms with Gasteiger partial charge in [0.2, 0.25) is 0 Å². The van der Waals surface area contributed by atoms with Gasteiger partial charge in [0.25, 0.3) is 0 Å². The van der Waals surface area contributed by atoms with Crippen LogP contribution in [-0.4, -0.2) is 17.6 Å². The molecule has 4 heteroatoms. The fourth-order valence-corrected chi connectivity index (χ4v) is 2.61. The summed E-state index contributed by atoms with van der Waals surface area (Å²) >= 11 is 0. The van der Waals surface area contributed by atoms with E-state index in [9.17, 15) is 9.18 Å². The molecule has 0 amide bonds. The van der Waals surface area contributed by atoms with Crippen molar-refractivity contribution in [3.8, 4) is 0 Å². The zero-order valence-electron chi connectivity index (χ0n) is 10.4. The molecule has 0 aliphatic heterocycles. The Morgan fingerprint density at radius 2 is 2.28 bits per heavy atom. The van der Waals surface area contributed by atoms with Gasteiger partial charge in [0.15, 0.2) is 0 Å². The first-order valence-electron chi connectivity index (χ1n) is 6.34. The van der Waals surface area contributed by atoms with E-state index in [4.69, 9.17) is 5.11 Å². The topological polar surface area (TPSA) is 49.3 Å². The molecule has 0 aromatic heterocycles. The fourth-order valence-electron chi connectivity index (χ4n) is 2.61. The van der Waals surface area contributed by atoms with Gasteiger partial charge in [-0.1, -0.05) is 19.8 Å². The van der Waals surface area contributed by atoms with Gasteiger partial charge in [-0.05, 0) is 36.5 Å². The lowest BCUT2D eigenvalue weighted by molar-refractivity contribution is 0.0697. The van der Waals surface area contributed by atoms with Crippen LogP contribution in [0.4, 0.5) is 10.1 Å². The predicted molar refractivity (Wildman–Crippen MR) is 68.4 cm³/mol. The Morgan fingerprint density at radius 1 is 1.50 bits per heavy atom. The number of carboxylic acids is 1. The minimum absolute atomic E-state index is 0.000602. The molecule has 0 saturated heterocycles. The minimum atomic E-state index is -1.10. The zero-order chi connectivity index (χ0) is 13.1. The number of hydrogen-bond acceptors (Lipinski definition) is 2. The van der Waals surface area contributed by atoms with E-state index in [-0.39, 0.29) is 5.56 Å². The summed E-state index contributed by atoms with van der Waals surface area (Å²) in [6.45, 7) is 2.98. The zero-order valence-corrected chi connectivity index (χ0v) is 10.4. The van der Waals surface area contributed by atoms with Crippen molar-refractivity contribution in [2.75, 3.05) is 11.9 Å². The lowest BCUT2D eigenvalue weighted by atomic mass is 9.98. The van der Waals surface area contributed by atoms with Crippen LogP contribution < -0.4 is 5.32 Å². The second kappa shape index (κ2) is 5.38. The van der Waals surface area contributed by atoms with Crippen LogP contribution in [-0.2, 0) is 0 Å². The normalized spacial score (nSPS) is 23.0. The van der Waals surface area contributed by atoms with Gasteiger partial charge in [0, 0.05) is 12.2 Å². The van der Waals surface area contributed by atoms with Gasteiger partial charge in [-0.3, -0.25) is 0 Å². The third-order valence-corrected chi connectivity index (χ3v) is 3.81. The molecule has 0 spiro atoms. The second-order valence-corrected chi connectivity index (χ2v) is 5.04. The molecule has 1 aromatic rings. The maximum atomic E-state index is 13.0. The van der Waals surface area contributed by atoms with Crippen LogP contribution >= 0.6 is 0 Å². The Morgan fingerprint density at radius 3 is 2.89 bits per heavy atom. The molecule has 2 N–H and O–H groups in total. The molecule has 1 aromatic carbocycles. The fraction of sp³-hybridized carbons (Fsp3) is 0.500. The maximum Gasteiger partial charge on any atom is 0.337 e. The smallest absolute Gasteiger partial charge is 0.337 e. The molecule has 1 fully saturated rings. The summed E-state index contributed by atoms with van der Waals surface area (Å²) in [6.07, 6.45) is 3.65. The standard InChI is InChI=1S/C14H18FNO2/c1-9-3-2-4-10(9)8-16-13-6-5-11(15)7-12(13)14(17)18/h5-7,9-10,16H,2-4,8H2,1H3,(H,17,18). The number of hydrogen-bond donors (Lipinski definition) is 2. The molecule has 1 aliphatic carbocycles.